The molecule has 1 aliphatic rings. The van der Waals surface area contributed by atoms with Gasteiger partial charge in [-0.05, 0) is 50.4 Å². The summed E-state index contributed by atoms with van der Waals surface area (Å²) in [6.45, 7) is 5.42. The van der Waals surface area contributed by atoms with Crippen molar-refractivity contribution in [1.29, 1.82) is 0 Å². The van der Waals surface area contributed by atoms with E-state index in [1.54, 1.807) is 30.5 Å². The van der Waals surface area contributed by atoms with Gasteiger partial charge in [-0.15, -0.1) is 0 Å². The Labute approximate surface area is 194 Å². The van der Waals surface area contributed by atoms with Crippen molar-refractivity contribution in [2.24, 2.45) is 4.99 Å². The SMILES string of the molecule is Cc1[nH]n(-c2ccc(Cl)cc2)c(=O)c1C=Nc1cc2[nH]c(=O)[nH]c2cc1N1CCN(C)CC1. The van der Waals surface area contributed by atoms with E-state index in [-0.39, 0.29) is 11.2 Å². The number of nitrogens with one attached hydrogen (secondary N) is 3. The molecule has 10 heteroatoms. The van der Waals surface area contributed by atoms with Gasteiger partial charge in [0.25, 0.3) is 5.56 Å². The van der Waals surface area contributed by atoms with Crippen LogP contribution in [0, 0.1) is 6.92 Å². The number of imidazole rings is 1. The molecule has 0 bridgehead atoms. The van der Waals surface area contributed by atoms with Crippen molar-refractivity contribution in [2.45, 2.75) is 6.92 Å². The number of H-pyrrole nitrogens is 3. The highest BCUT2D eigenvalue weighted by Crippen LogP contribution is 2.32. The first-order valence-corrected chi connectivity index (χ1v) is 11.1. The molecule has 2 aromatic heterocycles. The largest absolute Gasteiger partial charge is 0.367 e. The summed E-state index contributed by atoms with van der Waals surface area (Å²) < 4.78 is 1.47. The van der Waals surface area contributed by atoms with Gasteiger partial charge in [-0.2, -0.15) is 0 Å². The van der Waals surface area contributed by atoms with Crippen LogP contribution in [0.1, 0.15) is 11.3 Å². The Bertz CT molecular complexity index is 1450. The number of aromatic amines is 3. The number of rotatable bonds is 4. The van der Waals surface area contributed by atoms with Crippen molar-refractivity contribution >= 4 is 40.2 Å². The molecule has 0 radical (unpaired) electrons. The van der Waals surface area contributed by atoms with Crippen LogP contribution < -0.4 is 16.1 Å². The van der Waals surface area contributed by atoms with Gasteiger partial charge in [-0.25, -0.2) is 9.48 Å². The van der Waals surface area contributed by atoms with Crippen molar-refractivity contribution in [3.63, 3.8) is 0 Å². The molecule has 2 aromatic carbocycles. The minimum atomic E-state index is -0.261. The number of hydrogen-bond donors (Lipinski definition) is 3. The lowest BCUT2D eigenvalue weighted by molar-refractivity contribution is 0.313. The molecule has 5 rings (SSSR count). The summed E-state index contributed by atoms with van der Waals surface area (Å²) in [6.07, 6.45) is 1.59. The minimum absolute atomic E-state index is 0.198. The molecule has 0 unspecified atom stereocenters. The van der Waals surface area contributed by atoms with Gasteiger partial charge in [0.2, 0.25) is 0 Å². The fourth-order valence-electron chi connectivity index (χ4n) is 4.08. The molecule has 0 aliphatic carbocycles. The van der Waals surface area contributed by atoms with Crippen LogP contribution in [0.15, 0.2) is 51.0 Å². The second-order valence-electron chi connectivity index (χ2n) is 8.28. The van der Waals surface area contributed by atoms with E-state index in [9.17, 15) is 9.59 Å². The van der Waals surface area contributed by atoms with E-state index in [0.717, 1.165) is 37.4 Å². The Morgan fingerprint density at radius 1 is 1.00 bits per heavy atom. The Morgan fingerprint density at radius 2 is 1.67 bits per heavy atom. The number of benzene rings is 2. The van der Waals surface area contributed by atoms with Gasteiger partial charge >= 0.3 is 5.69 Å². The summed E-state index contributed by atoms with van der Waals surface area (Å²) in [6, 6.07) is 10.8. The van der Waals surface area contributed by atoms with Crippen LogP contribution in [-0.4, -0.2) is 64.1 Å². The van der Waals surface area contributed by atoms with E-state index < -0.39 is 0 Å². The zero-order chi connectivity index (χ0) is 23.1. The second kappa shape index (κ2) is 8.42. The van der Waals surface area contributed by atoms with Crippen LogP contribution in [-0.2, 0) is 0 Å². The average molecular weight is 466 g/mol. The third-order valence-corrected chi connectivity index (χ3v) is 6.24. The summed E-state index contributed by atoms with van der Waals surface area (Å²) in [5.41, 5.74) is 4.43. The Morgan fingerprint density at radius 3 is 2.36 bits per heavy atom. The molecule has 1 aliphatic heterocycles. The van der Waals surface area contributed by atoms with Crippen LogP contribution in [0.5, 0.6) is 0 Å². The second-order valence-corrected chi connectivity index (χ2v) is 8.72. The summed E-state index contributed by atoms with van der Waals surface area (Å²) in [5, 5.41) is 3.71. The molecule has 33 heavy (non-hydrogen) atoms. The fourth-order valence-corrected chi connectivity index (χ4v) is 4.21. The van der Waals surface area contributed by atoms with Gasteiger partial charge in [-0.3, -0.25) is 14.9 Å². The number of aromatic nitrogens is 4. The number of anilines is 1. The van der Waals surface area contributed by atoms with E-state index in [1.807, 2.05) is 19.1 Å². The Kier molecular flexibility index (Phi) is 5.43. The van der Waals surface area contributed by atoms with Gasteiger partial charge in [0, 0.05) is 43.1 Å². The number of aryl methyl sites for hydroxylation is 1. The summed E-state index contributed by atoms with van der Waals surface area (Å²) in [4.78, 5) is 39.8. The number of nitrogens with zero attached hydrogens (tertiary/aromatic N) is 4. The van der Waals surface area contributed by atoms with Crippen LogP contribution in [0.25, 0.3) is 16.7 Å². The van der Waals surface area contributed by atoms with Crippen molar-refractivity contribution in [3.8, 4) is 5.69 Å². The van der Waals surface area contributed by atoms with Crippen molar-refractivity contribution in [3.05, 3.63) is 73.5 Å². The highest BCUT2D eigenvalue weighted by molar-refractivity contribution is 6.30. The molecule has 3 heterocycles. The maximum Gasteiger partial charge on any atom is 0.323 e. The summed E-state index contributed by atoms with van der Waals surface area (Å²) >= 11 is 5.97. The molecule has 0 atom stereocenters. The van der Waals surface area contributed by atoms with E-state index in [4.69, 9.17) is 16.6 Å². The number of hydrogen-bond acceptors (Lipinski definition) is 5. The molecule has 1 saturated heterocycles. The maximum absolute atomic E-state index is 13.1. The number of likely N-dealkylation sites (N-methyl/N-ethyl adjacent to an activating group) is 1. The lowest BCUT2D eigenvalue weighted by Crippen LogP contribution is -2.44. The zero-order valence-electron chi connectivity index (χ0n) is 18.4. The number of fused-ring (bicyclic) bond motifs is 1. The molecule has 0 amide bonds. The zero-order valence-corrected chi connectivity index (χ0v) is 19.1. The van der Waals surface area contributed by atoms with E-state index in [2.05, 4.69) is 31.9 Å². The lowest BCUT2D eigenvalue weighted by Gasteiger charge is -2.34. The first-order valence-electron chi connectivity index (χ1n) is 10.7. The van der Waals surface area contributed by atoms with E-state index in [0.29, 0.717) is 33.2 Å². The quantitative estimate of drug-likeness (QED) is 0.403. The van der Waals surface area contributed by atoms with Gasteiger partial charge in [0.15, 0.2) is 0 Å². The highest BCUT2D eigenvalue weighted by Gasteiger charge is 2.19. The standard InChI is InChI=1S/C23H24ClN7O2/c1-14-17(22(32)31(28-14)16-5-3-15(24)4-6-16)13-25-20-11-18-19(27-23(33)26-18)12-21(20)30-9-7-29(2)8-10-30/h3-6,11-13,28H,7-10H2,1-2H3,(H2,26,27,33). The van der Waals surface area contributed by atoms with Crippen molar-refractivity contribution in [1.82, 2.24) is 24.6 Å². The molecular formula is C23H24ClN7O2. The first kappa shape index (κ1) is 21.3. The van der Waals surface area contributed by atoms with Crippen molar-refractivity contribution in [2.75, 3.05) is 38.1 Å². The number of aliphatic imine (C=N–C) groups is 1. The van der Waals surface area contributed by atoms with E-state index in [1.165, 1.54) is 4.68 Å². The molecule has 0 saturated carbocycles. The third kappa shape index (κ3) is 4.12. The number of piperazine rings is 1. The lowest BCUT2D eigenvalue weighted by atomic mass is 10.2. The molecule has 4 aromatic rings. The van der Waals surface area contributed by atoms with Gasteiger partial charge in [0.1, 0.15) is 0 Å². The Balaban J connectivity index is 1.55. The van der Waals surface area contributed by atoms with Gasteiger partial charge in [-0.1, -0.05) is 11.6 Å². The topological polar surface area (TPSA) is 105 Å². The minimum Gasteiger partial charge on any atom is -0.367 e. The normalized spacial score (nSPS) is 15.2. The molecule has 1 fully saturated rings. The third-order valence-electron chi connectivity index (χ3n) is 5.99. The predicted octanol–water partition coefficient (Wildman–Crippen LogP) is 2.80. The molecule has 9 nitrogen and oxygen atoms in total. The number of halogens is 1. The average Bonchev–Trinajstić information content (AvgIpc) is 3.30. The highest BCUT2D eigenvalue weighted by atomic mass is 35.5. The molecule has 170 valence electrons. The Hall–Kier alpha value is -3.56. The fraction of sp³-hybridized carbons (Fsp3) is 0.261. The van der Waals surface area contributed by atoms with Gasteiger partial charge < -0.3 is 19.8 Å². The molecule has 3 N–H and O–H groups in total. The first-order chi connectivity index (χ1) is 15.9. The van der Waals surface area contributed by atoms with Crippen LogP contribution in [0.3, 0.4) is 0 Å². The summed E-state index contributed by atoms with van der Waals surface area (Å²) in [5.74, 6) is 0. The van der Waals surface area contributed by atoms with Crippen LogP contribution >= 0.6 is 11.6 Å². The van der Waals surface area contributed by atoms with Crippen LogP contribution in [0.4, 0.5) is 11.4 Å². The predicted molar refractivity (Wildman–Crippen MR) is 132 cm³/mol. The maximum atomic E-state index is 13.1. The van der Waals surface area contributed by atoms with Crippen LogP contribution in [0.2, 0.25) is 5.02 Å². The van der Waals surface area contributed by atoms with E-state index >= 15 is 0 Å². The molecular weight excluding hydrogens is 442 g/mol. The van der Waals surface area contributed by atoms with Gasteiger partial charge in [0.05, 0.1) is 33.7 Å². The molecule has 0 spiro atoms. The smallest absolute Gasteiger partial charge is 0.323 e. The van der Waals surface area contributed by atoms with Crippen molar-refractivity contribution < 1.29 is 0 Å². The summed E-state index contributed by atoms with van der Waals surface area (Å²) in [7, 11) is 2.10. The monoisotopic (exact) mass is 465 g/mol.